The topological polar surface area (TPSA) is 61.0 Å². The van der Waals surface area contributed by atoms with E-state index in [1.165, 1.54) is 18.2 Å². The van der Waals surface area contributed by atoms with Gasteiger partial charge in [-0.05, 0) is 34.1 Å². The molecule has 4 nitrogen and oxygen atoms in total. The van der Waals surface area contributed by atoms with E-state index in [1.54, 1.807) is 0 Å². The van der Waals surface area contributed by atoms with Gasteiger partial charge in [0.15, 0.2) is 0 Å². The Morgan fingerprint density at radius 1 is 1.24 bits per heavy atom. The number of ether oxygens (including phenoxy) is 1. The second-order valence-electron chi connectivity index (χ2n) is 3.06. The number of anilines is 1. The van der Waals surface area contributed by atoms with Gasteiger partial charge >= 0.3 is 0 Å². The van der Waals surface area contributed by atoms with E-state index < -0.39 is 11.6 Å². The molecular formula is C10H6BrF2N3O. The van der Waals surface area contributed by atoms with E-state index in [2.05, 4.69) is 25.9 Å². The molecule has 0 atom stereocenters. The highest BCUT2D eigenvalue weighted by Crippen LogP contribution is 2.26. The Morgan fingerprint density at radius 3 is 2.71 bits per heavy atom. The van der Waals surface area contributed by atoms with E-state index in [9.17, 15) is 8.78 Å². The number of nitrogen functional groups attached to an aromatic ring is 1. The van der Waals surface area contributed by atoms with Crippen LogP contribution in [0.4, 0.5) is 14.7 Å². The van der Waals surface area contributed by atoms with Crippen molar-refractivity contribution in [3.05, 3.63) is 40.5 Å². The van der Waals surface area contributed by atoms with Crippen molar-refractivity contribution in [2.24, 2.45) is 0 Å². The van der Waals surface area contributed by atoms with Gasteiger partial charge in [-0.1, -0.05) is 0 Å². The Kier molecular flexibility index (Phi) is 3.19. The normalized spacial score (nSPS) is 10.3. The Labute approximate surface area is 104 Å². The third kappa shape index (κ3) is 2.68. The van der Waals surface area contributed by atoms with Crippen LogP contribution < -0.4 is 10.5 Å². The molecule has 0 spiro atoms. The van der Waals surface area contributed by atoms with Crippen LogP contribution >= 0.6 is 15.9 Å². The number of halogens is 3. The molecule has 0 unspecified atom stereocenters. The minimum Gasteiger partial charge on any atom is -0.436 e. The number of rotatable bonds is 2. The molecule has 7 heteroatoms. The largest absolute Gasteiger partial charge is 0.436 e. The SMILES string of the molecule is Nc1ncc(F)c(Oc2ccc(F)c(Br)c2)n1. The summed E-state index contributed by atoms with van der Waals surface area (Å²) in [6, 6.07) is 3.88. The second kappa shape index (κ2) is 4.62. The van der Waals surface area contributed by atoms with Crippen molar-refractivity contribution < 1.29 is 13.5 Å². The van der Waals surface area contributed by atoms with E-state index in [4.69, 9.17) is 10.5 Å². The second-order valence-corrected chi connectivity index (χ2v) is 3.91. The number of aromatic nitrogens is 2. The summed E-state index contributed by atoms with van der Waals surface area (Å²) in [4.78, 5) is 7.04. The molecule has 88 valence electrons. The van der Waals surface area contributed by atoms with Gasteiger partial charge in [-0.3, -0.25) is 0 Å². The molecule has 0 aliphatic carbocycles. The van der Waals surface area contributed by atoms with Crippen LogP contribution in [0.15, 0.2) is 28.9 Å². The van der Waals surface area contributed by atoms with Crippen LogP contribution in [0, 0.1) is 11.6 Å². The molecule has 0 radical (unpaired) electrons. The zero-order chi connectivity index (χ0) is 12.4. The molecule has 2 N–H and O–H groups in total. The van der Waals surface area contributed by atoms with Gasteiger partial charge in [0.05, 0.1) is 10.7 Å². The Hall–Kier alpha value is -1.76. The fraction of sp³-hybridized carbons (Fsp3) is 0. The molecule has 0 bridgehead atoms. The molecule has 0 fully saturated rings. The highest BCUT2D eigenvalue weighted by Gasteiger charge is 2.09. The summed E-state index contributed by atoms with van der Waals surface area (Å²) < 4.78 is 31.5. The maximum absolute atomic E-state index is 13.2. The molecule has 17 heavy (non-hydrogen) atoms. The fourth-order valence-electron chi connectivity index (χ4n) is 1.09. The fourth-order valence-corrected chi connectivity index (χ4v) is 1.45. The smallest absolute Gasteiger partial charge is 0.260 e. The number of nitrogens with two attached hydrogens (primary N) is 1. The minimum absolute atomic E-state index is 0.109. The Balaban J connectivity index is 2.31. The molecule has 2 aromatic rings. The van der Waals surface area contributed by atoms with Gasteiger partial charge in [0.25, 0.3) is 5.88 Å². The third-order valence-electron chi connectivity index (χ3n) is 1.84. The summed E-state index contributed by atoms with van der Waals surface area (Å²) in [5.41, 5.74) is 5.30. The maximum atomic E-state index is 13.2. The summed E-state index contributed by atoms with van der Waals surface area (Å²) in [5, 5.41) is 0. The summed E-state index contributed by atoms with van der Waals surface area (Å²) in [6.45, 7) is 0. The lowest BCUT2D eigenvalue weighted by Crippen LogP contribution is -1.99. The van der Waals surface area contributed by atoms with E-state index in [1.807, 2.05) is 0 Å². The van der Waals surface area contributed by atoms with Crippen molar-refractivity contribution in [2.45, 2.75) is 0 Å². The van der Waals surface area contributed by atoms with E-state index in [0.29, 0.717) is 0 Å². The first-order chi connectivity index (χ1) is 8.06. The van der Waals surface area contributed by atoms with Crippen LogP contribution in [-0.4, -0.2) is 9.97 Å². The van der Waals surface area contributed by atoms with Crippen molar-refractivity contribution >= 4 is 21.9 Å². The van der Waals surface area contributed by atoms with Crippen molar-refractivity contribution in [1.82, 2.24) is 9.97 Å². The molecule has 0 saturated heterocycles. The molecule has 0 aliphatic heterocycles. The van der Waals surface area contributed by atoms with Gasteiger partial charge in [-0.25, -0.2) is 9.37 Å². The highest BCUT2D eigenvalue weighted by molar-refractivity contribution is 9.10. The van der Waals surface area contributed by atoms with Crippen molar-refractivity contribution in [2.75, 3.05) is 5.73 Å². The van der Waals surface area contributed by atoms with Gasteiger partial charge in [0, 0.05) is 0 Å². The first-order valence-corrected chi connectivity index (χ1v) is 5.26. The molecule has 0 aliphatic rings. The lowest BCUT2D eigenvalue weighted by molar-refractivity contribution is 0.419. The van der Waals surface area contributed by atoms with Gasteiger partial charge in [0.2, 0.25) is 11.8 Å². The number of benzene rings is 1. The van der Waals surface area contributed by atoms with Gasteiger partial charge in [0.1, 0.15) is 11.6 Å². The Morgan fingerprint density at radius 2 is 2.00 bits per heavy atom. The minimum atomic E-state index is -0.750. The first-order valence-electron chi connectivity index (χ1n) is 4.47. The van der Waals surface area contributed by atoms with E-state index >= 15 is 0 Å². The van der Waals surface area contributed by atoms with Crippen molar-refractivity contribution in [1.29, 1.82) is 0 Å². The lowest BCUT2D eigenvalue weighted by Gasteiger charge is -2.06. The van der Waals surface area contributed by atoms with Crippen LogP contribution in [0.3, 0.4) is 0 Å². The van der Waals surface area contributed by atoms with Crippen LogP contribution in [0.1, 0.15) is 0 Å². The molecule has 0 saturated carbocycles. The average molecular weight is 302 g/mol. The van der Waals surface area contributed by atoms with Crippen LogP contribution in [0.5, 0.6) is 11.6 Å². The van der Waals surface area contributed by atoms with Crippen molar-refractivity contribution in [3.8, 4) is 11.6 Å². The number of nitrogens with zero attached hydrogens (tertiary/aromatic N) is 2. The molecule has 1 heterocycles. The summed E-state index contributed by atoms with van der Waals surface area (Å²) in [7, 11) is 0. The molecule has 2 rings (SSSR count). The zero-order valence-corrected chi connectivity index (χ0v) is 9.91. The lowest BCUT2D eigenvalue weighted by atomic mass is 10.3. The molecule has 0 amide bonds. The van der Waals surface area contributed by atoms with E-state index in [0.717, 1.165) is 6.20 Å². The first kappa shape index (κ1) is 11.7. The van der Waals surface area contributed by atoms with Gasteiger partial charge in [-0.2, -0.15) is 9.37 Å². The van der Waals surface area contributed by atoms with Crippen molar-refractivity contribution in [3.63, 3.8) is 0 Å². The van der Waals surface area contributed by atoms with Gasteiger partial charge in [-0.15, -0.1) is 0 Å². The van der Waals surface area contributed by atoms with E-state index in [-0.39, 0.29) is 22.1 Å². The summed E-state index contributed by atoms with van der Waals surface area (Å²) >= 11 is 2.99. The maximum Gasteiger partial charge on any atom is 0.260 e. The predicted molar refractivity (Wildman–Crippen MR) is 60.6 cm³/mol. The monoisotopic (exact) mass is 301 g/mol. The van der Waals surface area contributed by atoms with Gasteiger partial charge < -0.3 is 10.5 Å². The molecule has 1 aromatic heterocycles. The summed E-state index contributed by atoms with van der Waals surface area (Å²) in [6.07, 6.45) is 0.899. The average Bonchev–Trinajstić information content (AvgIpc) is 2.29. The number of hydrogen-bond acceptors (Lipinski definition) is 4. The molecular weight excluding hydrogens is 296 g/mol. The van der Waals surface area contributed by atoms with Crippen LogP contribution in [0.25, 0.3) is 0 Å². The Bertz CT molecular complexity index is 565. The standard InChI is InChI=1S/C10H6BrF2N3O/c11-6-3-5(1-2-7(6)12)17-9-8(13)4-15-10(14)16-9/h1-4H,(H2,14,15,16). The number of hydrogen-bond donors (Lipinski definition) is 1. The highest BCUT2D eigenvalue weighted by atomic mass is 79.9. The summed E-state index contributed by atoms with van der Waals surface area (Å²) in [5.74, 6) is -1.38. The zero-order valence-electron chi connectivity index (χ0n) is 8.32. The quantitative estimate of drug-likeness (QED) is 0.926. The van der Waals surface area contributed by atoms with Crippen LogP contribution in [0.2, 0.25) is 0 Å². The predicted octanol–water partition coefficient (Wildman–Crippen LogP) is 2.89. The molecule has 1 aromatic carbocycles. The van der Waals surface area contributed by atoms with Crippen LogP contribution in [-0.2, 0) is 0 Å². The third-order valence-corrected chi connectivity index (χ3v) is 2.44.